The Hall–Kier alpha value is -4.21. The predicted molar refractivity (Wildman–Crippen MR) is 141 cm³/mol. The van der Waals surface area contributed by atoms with Crippen LogP contribution in [0.15, 0.2) is 60.8 Å². The van der Waals surface area contributed by atoms with Gasteiger partial charge in [-0.05, 0) is 49.6 Å². The first-order chi connectivity index (χ1) is 18.2. The van der Waals surface area contributed by atoms with Crippen LogP contribution in [0.1, 0.15) is 31.1 Å². The minimum absolute atomic E-state index is 0.0679. The monoisotopic (exact) mass is 498 g/mol. The molecule has 0 unspecified atom stereocenters. The van der Waals surface area contributed by atoms with Gasteiger partial charge >= 0.3 is 0 Å². The predicted octanol–water partition coefficient (Wildman–Crippen LogP) is 3.21. The molecule has 0 saturated carbocycles. The number of benzene rings is 1. The van der Waals surface area contributed by atoms with Crippen molar-refractivity contribution in [3.8, 4) is 5.88 Å². The van der Waals surface area contributed by atoms with Gasteiger partial charge in [-0.2, -0.15) is 0 Å². The van der Waals surface area contributed by atoms with Gasteiger partial charge in [-0.15, -0.1) is 10.2 Å². The van der Waals surface area contributed by atoms with E-state index in [1.807, 2.05) is 59.6 Å². The molecule has 0 radical (unpaired) electrons. The molecule has 2 aliphatic heterocycles. The van der Waals surface area contributed by atoms with Crippen LogP contribution < -0.4 is 14.5 Å². The SMILES string of the molecule is O=C(COc1ccc(N2CCN(c3ccccn3)CC2)nn1)N1CCCC[C@H]1c1nc2ccccc2[nH]1. The molecule has 10 heteroatoms. The number of hydrogen-bond acceptors (Lipinski definition) is 8. The molecule has 1 atom stereocenters. The lowest BCUT2D eigenvalue weighted by atomic mass is 10.0. The van der Waals surface area contributed by atoms with Crippen molar-refractivity contribution in [3.63, 3.8) is 0 Å². The van der Waals surface area contributed by atoms with Crippen LogP contribution in [0.2, 0.25) is 0 Å². The maximum Gasteiger partial charge on any atom is 0.261 e. The highest BCUT2D eigenvalue weighted by Crippen LogP contribution is 2.30. The number of piperidine rings is 1. The summed E-state index contributed by atoms with van der Waals surface area (Å²) < 4.78 is 5.75. The number of para-hydroxylation sites is 2. The highest BCUT2D eigenvalue weighted by atomic mass is 16.5. The minimum Gasteiger partial charge on any atom is -0.466 e. The largest absolute Gasteiger partial charge is 0.466 e. The Balaban J connectivity index is 1.04. The highest BCUT2D eigenvalue weighted by Gasteiger charge is 2.30. The fourth-order valence-corrected chi connectivity index (χ4v) is 5.13. The lowest BCUT2D eigenvalue weighted by molar-refractivity contribution is -0.137. The zero-order valence-corrected chi connectivity index (χ0v) is 20.7. The molecule has 0 aliphatic carbocycles. The smallest absolute Gasteiger partial charge is 0.261 e. The van der Waals surface area contributed by atoms with Crippen LogP contribution >= 0.6 is 0 Å². The first-order valence-electron chi connectivity index (χ1n) is 12.9. The topological polar surface area (TPSA) is 103 Å². The van der Waals surface area contributed by atoms with Gasteiger partial charge in [-0.25, -0.2) is 9.97 Å². The number of rotatable bonds is 6. The molecule has 5 heterocycles. The van der Waals surface area contributed by atoms with Crippen LogP contribution in [0.5, 0.6) is 5.88 Å². The maximum atomic E-state index is 13.1. The summed E-state index contributed by atoms with van der Waals surface area (Å²) in [5.74, 6) is 2.92. The van der Waals surface area contributed by atoms with Crippen LogP contribution in [0.3, 0.4) is 0 Å². The van der Waals surface area contributed by atoms with E-state index in [-0.39, 0.29) is 18.6 Å². The van der Waals surface area contributed by atoms with E-state index >= 15 is 0 Å². The molecule has 2 fully saturated rings. The van der Waals surface area contributed by atoms with Gasteiger partial charge in [-0.1, -0.05) is 18.2 Å². The molecule has 2 saturated heterocycles. The minimum atomic E-state index is -0.0759. The average molecular weight is 499 g/mol. The third-order valence-electron chi connectivity index (χ3n) is 7.09. The normalized spacial score (nSPS) is 18.3. The number of imidazole rings is 1. The number of carbonyl (C=O) groups excluding carboxylic acids is 1. The molecule has 0 spiro atoms. The van der Waals surface area contributed by atoms with E-state index in [1.54, 1.807) is 6.07 Å². The molecule has 1 N–H and O–H groups in total. The molecule has 1 amide bonds. The number of piperazine rings is 1. The van der Waals surface area contributed by atoms with Crippen LogP contribution in [0.25, 0.3) is 11.0 Å². The Morgan fingerprint density at radius 3 is 2.46 bits per heavy atom. The molecule has 6 rings (SSSR count). The molecule has 190 valence electrons. The average Bonchev–Trinajstić information content (AvgIpc) is 3.41. The summed E-state index contributed by atoms with van der Waals surface area (Å²) in [5.41, 5.74) is 1.90. The summed E-state index contributed by atoms with van der Waals surface area (Å²) in [5, 5.41) is 8.58. The molecule has 10 nitrogen and oxygen atoms in total. The second-order valence-electron chi connectivity index (χ2n) is 9.42. The van der Waals surface area contributed by atoms with E-state index in [1.165, 1.54) is 0 Å². The summed E-state index contributed by atoms with van der Waals surface area (Å²) in [4.78, 5) is 32.0. The van der Waals surface area contributed by atoms with Crippen molar-refractivity contribution < 1.29 is 9.53 Å². The second-order valence-corrected chi connectivity index (χ2v) is 9.42. The van der Waals surface area contributed by atoms with Crippen molar-refractivity contribution in [1.82, 2.24) is 30.0 Å². The number of aromatic nitrogens is 5. The number of nitrogens with zero attached hydrogens (tertiary/aromatic N) is 7. The highest BCUT2D eigenvalue weighted by molar-refractivity contribution is 5.79. The van der Waals surface area contributed by atoms with Gasteiger partial charge in [0.15, 0.2) is 12.4 Å². The van der Waals surface area contributed by atoms with E-state index in [9.17, 15) is 4.79 Å². The maximum absolute atomic E-state index is 13.1. The first kappa shape index (κ1) is 23.2. The van der Waals surface area contributed by atoms with E-state index in [4.69, 9.17) is 9.72 Å². The molecule has 4 aromatic rings. The van der Waals surface area contributed by atoms with Gasteiger partial charge in [0, 0.05) is 45.0 Å². The molecule has 37 heavy (non-hydrogen) atoms. The number of carbonyl (C=O) groups is 1. The van der Waals surface area contributed by atoms with Crippen LogP contribution in [0.4, 0.5) is 11.6 Å². The lowest BCUT2D eigenvalue weighted by Gasteiger charge is -2.35. The summed E-state index contributed by atoms with van der Waals surface area (Å²) >= 11 is 0. The number of amides is 1. The molecule has 0 bridgehead atoms. The van der Waals surface area contributed by atoms with Crippen molar-refractivity contribution in [2.45, 2.75) is 25.3 Å². The lowest BCUT2D eigenvalue weighted by Crippen LogP contribution is -2.47. The van der Waals surface area contributed by atoms with Gasteiger partial charge in [0.2, 0.25) is 5.88 Å². The summed E-state index contributed by atoms with van der Waals surface area (Å²) in [6.45, 7) is 4.03. The van der Waals surface area contributed by atoms with Crippen molar-refractivity contribution in [2.24, 2.45) is 0 Å². The van der Waals surface area contributed by atoms with Gasteiger partial charge in [0.05, 0.1) is 17.1 Å². The molecular weight excluding hydrogens is 468 g/mol. The zero-order chi connectivity index (χ0) is 25.0. The van der Waals surface area contributed by atoms with Gasteiger partial charge in [0.1, 0.15) is 11.6 Å². The second kappa shape index (κ2) is 10.4. The fourth-order valence-electron chi connectivity index (χ4n) is 5.13. The number of anilines is 2. The Labute approximate surface area is 215 Å². The Kier molecular flexibility index (Phi) is 6.53. The number of hydrogen-bond donors (Lipinski definition) is 1. The van der Waals surface area contributed by atoms with Crippen molar-refractivity contribution in [1.29, 1.82) is 0 Å². The molecule has 2 aliphatic rings. The molecule has 1 aromatic carbocycles. The Bertz CT molecular complexity index is 1300. The number of fused-ring (bicyclic) bond motifs is 1. The molecule has 3 aromatic heterocycles. The zero-order valence-electron chi connectivity index (χ0n) is 20.7. The third-order valence-corrected chi connectivity index (χ3v) is 7.09. The van der Waals surface area contributed by atoms with Crippen LogP contribution in [0, 0.1) is 0 Å². The summed E-state index contributed by atoms with van der Waals surface area (Å²) in [7, 11) is 0. The van der Waals surface area contributed by atoms with Crippen molar-refractivity contribution in [3.05, 3.63) is 66.6 Å². The summed E-state index contributed by atoms with van der Waals surface area (Å²) in [6, 6.07) is 17.5. The number of ether oxygens (including phenoxy) is 1. The number of aromatic amines is 1. The van der Waals surface area contributed by atoms with Crippen LogP contribution in [-0.4, -0.2) is 75.3 Å². The van der Waals surface area contributed by atoms with E-state index in [2.05, 4.69) is 30.0 Å². The summed E-state index contributed by atoms with van der Waals surface area (Å²) in [6.07, 6.45) is 4.74. The van der Waals surface area contributed by atoms with Crippen LogP contribution in [-0.2, 0) is 4.79 Å². The number of pyridine rings is 1. The van der Waals surface area contributed by atoms with Gasteiger partial charge in [0.25, 0.3) is 5.91 Å². The first-order valence-corrected chi connectivity index (χ1v) is 12.9. The van der Waals surface area contributed by atoms with Gasteiger partial charge in [-0.3, -0.25) is 4.79 Å². The van der Waals surface area contributed by atoms with Crippen molar-refractivity contribution in [2.75, 3.05) is 49.1 Å². The number of H-pyrrole nitrogens is 1. The Morgan fingerprint density at radius 1 is 0.892 bits per heavy atom. The fraction of sp³-hybridized carbons (Fsp3) is 0.370. The van der Waals surface area contributed by atoms with Gasteiger partial charge < -0.3 is 24.4 Å². The number of nitrogens with one attached hydrogen (secondary N) is 1. The van der Waals surface area contributed by atoms with E-state index in [0.29, 0.717) is 12.4 Å². The third kappa shape index (κ3) is 5.04. The van der Waals surface area contributed by atoms with E-state index < -0.39 is 0 Å². The quantitative estimate of drug-likeness (QED) is 0.432. The van der Waals surface area contributed by atoms with Crippen molar-refractivity contribution >= 4 is 28.6 Å². The standard InChI is InChI=1S/C27H30N8O2/c36-26(35-14-6-4-9-22(35)27-29-20-7-1-2-8-21(20)30-27)19-37-25-12-11-24(31-32-25)34-17-15-33(16-18-34)23-10-3-5-13-28-23/h1-3,5,7-8,10-13,22H,4,6,9,14-19H2,(H,29,30)/t22-/m0/s1. The number of likely N-dealkylation sites (tertiary alicyclic amines) is 1. The van der Waals surface area contributed by atoms with E-state index in [0.717, 1.165) is 73.9 Å². The Morgan fingerprint density at radius 2 is 1.70 bits per heavy atom. The molecular formula is C27H30N8O2.